The second kappa shape index (κ2) is 6.39. The molecule has 1 unspecified atom stereocenters. The second-order valence-corrected chi connectivity index (χ2v) is 4.94. The van der Waals surface area contributed by atoms with Gasteiger partial charge in [-0.05, 0) is 24.3 Å². The van der Waals surface area contributed by atoms with Gasteiger partial charge in [0.25, 0.3) is 0 Å². The fourth-order valence-corrected chi connectivity index (χ4v) is 2.29. The first kappa shape index (κ1) is 15.5. The van der Waals surface area contributed by atoms with Crippen LogP contribution in [0.15, 0.2) is 64.8 Å². The summed E-state index contributed by atoms with van der Waals surface area (Å²) >= 11 is 0. The van der Waals surface area contributed by atoms with Crippen LogP contribution in [0.3, 0.4) is 0 Å². The smallest absolute Gasteiger partial charge is 0.362 e. The summed E-state index contributed by atoms with van der Waals surface area (Å²) in [7, 11) is 0. The molecule has 1 heterocycles. The number of amidine groups is 1. The molecular weight excluding hydrogens is 312 g/mol. The van der Waals surface area contributed by atoms with Crippen LogP contribution in [-0.2, 0) is 4.79 Å². The average Bonchev–Trinajstić information content (AvgIpc) is 2.64. The van der Waals surface area contributed by atoms with Crippen LogP contribution in [0.25, 0.3) is 0 Å². The van der Waals surface area contributed by atoms with Crippen LogP contribution in [0.2, 0.25) is 0 Å². The van der Waals surface area contributed by atoms with Gasteiger partial charge in [-0.15, -0.1) is 0 Å². The molecule has 3 rings (SSSR count). The summed E-state index contributed by atoms with van der Waals surface area (Å²) < 4.78 is 0.378. The van der Waals surface area contributed by atoms with Crippen LogP contribution in [0.5, 0.6) is 0 Å². The highest BCUT2D eigenvalue weighted by atomic mass is 16.5. The highest BCUT2D eigenvalue weighted by Crippen LogP contribution is 2.32. The van der Waals surface area contributed by atoms with Crippen molar-refractivity contribution in [1.82, 2.24) is 0 Å². The Kier molecular flexibility index (Phi) is 4.13. The summed E-state index contributed by atoms with van der Waals surface area (Å²) in [6.07, 6.45) is 0.349. The van der Waals surface area contributed by atoms with Crippen molar-refractivity contribution >= 4 is 29.4 Å². The summed E-state index contributed by atoms with van der Waals surface area (Å²) in [6, 6.07) is 13.0. The second-order valence-electron chi connectivity index (χ2n) is 4.94. The molecule has 2 aromatic rings. The molecule has 1 aliphatic heterocycles. The Labute approximate surface area is 136 Å². The lowest BCUT2D eigenvalue weighted by molar-refractivity contribution is -0.365. The number of hydrogen-bond donors (Lipinski definition) is 1. The number of anilines is 1. The van der Waals surface area contributed by atoms with E-state index in [1.54, 1.807) is 42.5 Å². The SMILES string of the molecule is O=CC1C(N=NC(=O)c2ccccc2)=[N+]([O-])c2ccccc2N1O. The van der Waals surface area contributed by atoms with Crippen molar-refractivity contribution in [2.45, 2.75) is 6.04 Å². The van der Waals surface area contributed by atoms with Crippen molar-refractivity contribution in [3.63, 3.8) is 0 Å². The summed E-state index contributed by atoms with van der Waals surface area (Å²) in [6.45, 7) is 0. The number of nitrogens with zero attached hydrogens (tertiary/aromatic N) is 4. The highest BCUT2D eigenvalue weighted by Gasteiger charge is 2.37. The molecule has 1 amide bonds. The zero-order chi connectivity index (χ0) is 17.1. The zero-order valence-corrected chi connectivity index (χ0v) is 12.3. The topological polar surface area (TPSA) is 108 Å². The number of para-hydroxylation sites is 2. The Morgan fingerprint density at radius 3 is 2.54 bits per heavy atom. The van der Waals surface area contributed by atoms with Crippen molar-refractivity contribution in [2.75, 3.05) is 5.06 Å². The third kappa shape index (κ3) is 2.66. The zero-order valence-electron chi connectivity index (χ0n) is 12.3. The van der Waals surface area contributed by atoms with Crippen LogP contribution in [0.1, 0.15) is 10.4 Å². The largest absolute Gasteiger partial charge is 0.710 e. The summed E-state index contributed by atoms with van der Waals surface area (Å²) in [5.74, 6) is -1.06. The number of aldehydes is 1. The molecule has 0 saturated heterocycles. The minimum absolute atomic E-state index is 0.0965. The Morgan fingerprint density at radius 1 is 1.17 bits per heavy atom. The molecule has 24 heavy (non-hydrogen) atoms. The van der Waals surface area contributed by atoms with Gasteiger partial charge in [-0.25, -0.2) is 9.80 Å². The highest BCUT2D eigenvalue weighted by molar-refractivity contribution is 6.03. The van der Waals surface area contributed by atoms with Crippen LogP contribution >= 0.6 is 0 Å². The first-order chi connectivity index (χ1) is 11.6. The lowest BCUT2D eigenvalue weighted by Crippen LogP contribution is -2.45. The minimum Gasteiger partial charge on any atom is -0.710 e. The van der Waals surface area contributed by atoms with Crippen molar-refractivity contribution in [1.29, 1.82) is 0 Å². The molecule has 0 fully saturated rings. The van der Waals surface area contributed by atoms with Gasteiger partial charge in [-0.3, -0.25) is 10.0 Å². The van der Waals surface area contributed by atoms with Crippen molar-refractivity contribution in [3.8, 4) is 0 Å². The Bertz CT molecular complexity index is 848. The van der Waals surface area contributed by atoms with E-state index in [4.69, 9.17) is 0 Å². The number of azo groups is 1. The Hall–Kier alpha value is -3.39. The van der Waals surface area contributed by atoms with Gasteiger partial charge in [0.1, 0.15) is 5.69 Å². The fraction of sp³-hybridized carbons (Fsp3) is 0.0625. The van der Waals surface area contributed by atoms with Crippen LogP contribution < -0.4 is 5.06 Å². The molecule has 0 saturated carbocycles. The van der Waals surface area contributed by atoms with Gasteiger partial charge in [0.2, 0.25) is 6.04 Å². The molecule has 8 nitrogen and oxygen atoms in total. The molecular formula is C16H12N4O4. The Balaban J connectivity index is 2.00. The molecule has 120 valence electrons. The molecule has 1 aliphatic rings. The van der Waals surface area contributed by atoms with Gasteiger partial charge in [0, 0.05) is 10.7 Å². The number of carbonyl (C=O) groups is 2. The van der Waals surface area contributed by atoms with Gasteiger partial charge in [0.05, 0.1) is 5.11 Å². The number of benzene rings is 2. The lowest BCUT2D eigenvalue weighted by atomic mass is 10.1. The molecule has 8 heteroatoms. The van der Waals surface area contributed by atoms with E-state index >= 15 is 0 Å². The van der Waals surface area contributed by atoms with Crippen LogP contribution in [0.4, 0.5) is 11.4 Å². The maximum atomic E-state index is 12.4. The standard InChI is InChI=1S/C16H12N4O4/c21-10-14-15(17-18-16(22)11-6-2-1-3-7-11)20(24)13-9-5-4-8-12(13)19(14)23/h1-10,14,23H. The quantitative estimate of drug-likeness (QED) is 0.394. The monoisotopic (exact) mass is 324 g/mol. The number of carbonyl (C=O) groups excluding carboxylic acids is 2. The van der Waals surface area contributed by atoms with E-state index in [0.29, 0.717) is 21.7 Å². The van der Waals surface area contributed by atoms with Crippen LogP contribution in [-0.4, -0.2) is 34.0 Å². The average molecular weight is 324 g/mol. The third-order valence-corrected chi connectivity index (χ3v) is 3.48. The van der Waals surface area contributed by atoms with E-state index in [-0.39, 0.29) is 11.4 Å². The van der Waals surface area contributed by atoms with E-state index < -0.39 is 17.8 Å². The van der Waals surface area contributed by atoms with Crippen molar-refractivity contribution in [2.24, 2.45) is 10.2 Å². The predicted molar refractivity (Wildman–Crippen MR) is 84.5 cm³/mol. The maximum Gasteiger partial charge on any atom is 0.362 e. The molecule has 0 bridgehead atoms. The molecule has 1 N–H and O–H groups in total. The molecule has 0 aliphatic carbocycles. The number of fused-ring (bicyclic) bond motifs is 1. The predicted octanol–water partition coefficient (Wildman–Crippen LogP) is 2.30. The first-order valence-electron chi connectivity index (χ1n) is 7.01. The van der Waals surface area contributed by atoms with Gasteiger partial charge in [-0.2, -0.15) is 0 Å². The number of amides is 1. The summed E-state index contributed by atoms with van der Waals surface area (Å²) in [5.41, 5.74) is 0.552. The van der Waals surface area contributed by atoms with Gasteiger partial charge in [0.15, 0.2) is 12.0 Å². The minimum atomic E-state index is -1.36. The Morgan fingerprint density at radius 2 is 1.83 bits per heavy atom. The van der Waals surface area contributed by atoms with E-state index in [1.165, 1.54) is 12.1 Å². The van der Waals surface area contributed by atoms with Crippen molar-refractivity contribution < 1.29 is 19.5 Å². The third-order valence-electron chi connectivity index (χ3n) is 3.48. The van der Waals surface area contributed by atoms with Crippen molar-refractivity contribution in [3.05, 3.63) is 65.4 Å². The summed E-state index contributed by atoms with van der Waals surface area (Å²) in [5, 5.41) is 30.2. The molecule has 0 spiro atoms. The molecule has 1 atom stereocenters. The van der Waals surface area contributed by atoms with E-state index in [9.17, 15) is 20.0 Å². The summed E-state index contributed by atoms with van der Waals surface area (Å²) in [4.78, 5) is 23.2. The number of hydrogen-bond acceptors (Lipinski definition) is 6. The van der Waals surface area contributed by atoms with Gasteiger partial charge in [-0.1, -0.05) is 30.3 Å². The van der Waals surface area contributed by atoms with E-state index in [0.717, 1.165) is 0 Å². The molecule has 2 aromatic carbocycles. The van der Waals surface area contributed by atoms with E-state index in [1.807, 2.05) is 0 Å². The van der Waals surface area contributed by atoms with Crippen LogP contribution in [0, 0.1) is 5.21 Å². The van der Waals surface area contributed by atoms with Gasteiger partial charge >= 0.3 is 11.7 Å². The maximum absolute atomic E-state index is 12.4. The van der Waals surface area contributed by atoms with Gasteiger partial charge < -0.3 is 10.0 Å². The van der Waals surface area contributed by atoms with E-state index in [2.05, 4.69) is 10.2 Å². The lowest BCUT2D eigenvalue weighted by Gasteiger charge is -2.29. The number of rotatable bonds is 2. The normalized spacial score (nSPS) is 17.0. The fourth-order valence-electron chi connectivity index (χ4n) is 2.29. The first-order valence-corrected chi connectivity index (χ1v) is 7.01. The number of hydroxylamine groups is 1. The molecule has 0 aromatic heterocycles. The molecule has 0 radical (unpaired) electrons.